The molecule has 0 fully saturated rings. The molecule has 0 N–H and O–H groups in total. The molecule has 0 amide bonds. The molecule has 52 heavy (non-hydrogen) atoms. The first kappa shape index (κ1) is 30.5. The molecule has 0 aliphatic heterocycles. The van der Waals surface area contributed by atoms with Gasteiger partial charge in [-0.3, -0.25) is 0 Å². The molecule has 1 aliphatic rings. The van der Waals surface area contributed by atoms with Crippen LogP contribution < -0.4 is 0 Å². The number of rotatable bonds is 6. The molecule has 0 saturated heterocycles. The molecular weight excluding hydrogens is 649 g/mol. The lowest BCUT2D eigenvalue weighted by atomic mass is 10.2. The van der Waals surface area contributed by atoms with Gasteiger partial charge in [-0.1, -0.05) is 140 Å². The average molecular weight is 685 g/mol. The topological polar surface area (TPSA) is 9.86 Å². The molecule has 1 aliphatic carbocycles. The Morgan fingerprint density at radius 1 is 0.385 bits per heavy atom. The molecule has 2 heterocycles. The van der Waals surface area contributed by atoms with Gasteiger partial charge in [-0.25, -0.2) is 0 Å². The van der Waals surface area contributed by atoms with Crippen molar-refractivity contribution in [1.82, 2.24) is 9.13 Å². The van der Waals surface area contributed by atoms with Gasteiger partial charge in [-0.15, -0.1) is 10.0 Å². The normalized spacial score (nSPS) is 15.2. The standard InChI is InChI=1S/C49H36N2S/c1-4-18-38(19-5-1)52(39-20-6-2-7-21-39,40-22-8-3-9-23-40)41-33-32-36(50-46-28-14-10-24-42(46)43-25-11-15-29-47(43)50)34-37(35-41)51-48-30-16-12-26-44(48)45-27-13-17-31-49(45)51/h1-36H. The van der Waals surface area contributed by atoms with E-state index in [1.54, 1.807) is 0 Å². The van der Waals surface area contributed by atoms with Crippen LogP contribution in [0.1, 0.15) is 6.04 Å². The van der Waals surface area contributed by atoms with Gasteiger partial charge in [0.2, 0.25) is 0 Å². The summed E-state index contributed by atoms with van der Waals surface area (Å²) in [5, 5.41) is 5.06. The molecule has 2 aromatic heterocycles. The van der Waals surface area contributed by atoms with Crippen LogP contribution in [0.2, 0.25) is 0 Å². The summed E-state index contributed by atoms with van der Waals surface area (Å²) in [6.07, 6.45) is 9.84. The second-order valence-corrected chi connectivity index (χ2v) is 16.4. The highest BCUT2D eigenvalue weighted by Gasteiger charge is 2.35. The van der Waals surface area contributed by atoms with Crippen molar-refractivity contribution < 1.29 is 0 Å². The van der Waals surface area contributed by atoms with E-state index in [4.69, 9.17) is 0 Å². The monoisotopic (exact) mass is 684 g/mol. The average Bonchev–Trinajstić information content (AvgIpc) is 3.64. The summed E-state index contributed by atoms with van der Waals surface area (Å²) in [6.45, 7) is 0. The number of allylic oxidation sites excluding steroid dienone is 5. The Balaban J connectivity index is 1.34. The Morgan fingerprint density at radius 3 is 1.19 bits per heavy atom. The van der Waals surface area contributed by atoms with Crippen molar-refractivity contribution in [3.8, 4) is 0 Å². The zero-order chi connectivity index (χ0) is 34.5. The summed E-state index contributed by atoms with van der Waals surface area (Å²) in [7, 11) is -1.95. The molecule has 0 spiro atoms. The van der Waals surface area contributed by atoms with E-state index in [0.29, 0.717) is 0 Å². The second-order valence-electron chi connectivity index (χ2n) is 13.3. The van der Waals surface area contributed by atoms with Crippen molar-refractivity contribution in [2.75, 3.05) is 0 Å². The predicted octanol–water partition coefficient (Wildman–Crippen LogP) is 13.4. The van der Waals surface area contributed by atoms with Crippen LogP contribution in [-0.4, -0.2) is 9.13 Å². The maximum absolute atomic E-state index is 2.52. The minimum absolute atomic E-state index is 0.0621. The molecule has 7 aromatic carbocycles. The van der Waals surface area contributed by atoms with E-state index in [1.807, 2.05) is 0 Å². The zero-order valence-electron chi connectivity index (χ0n) is 28.6. The summed E-state index contributed by atoms with van der Waals surface area (Å²) >= 11 is 0. The van der Waals surface area contributed by atoms with Crippen molar-refractivity contribution in [1.29, 1.82) is 0 Å². The number of nitrogens with zero attached hydrogens (tertiary/aromatic N) is 2. The molecule has 1 atom stereocenters. The SMILES string of the molecule is C1=CC(n2c3ccccc3c3ccccc32)C=C(n2c3ccccc3c3ccccc32)C=C1S(c1ccccc1)(c1ccccc1)c1ccccc1. The summed E-state index contributed by atoms with van der Waals surface area (Å²) in [4.78, 5) is 5.20. The van der Waals surface area contributed by atoms with Crippen molar-refractivity contribution in [2.45, 2.75) is 20.7 Å². The molecule has 9 aromatic rings. The van der Waals surface area contributed by atoms with E-state index in [2.05, 4.69) is 221 Å². The Labute approximate surface area is 305 Å². The van der Waals surface area contributed by atoms with Crippen LogP contribution in [0.25, 0.3) is 49.3 Å². The van der Waals surface area contributed by atoms with Gasteiger partial charge in [0.05, 0.1) is 17.1 Å². The first-order chi connectivity index (χ1) is 25.8. The predicted molar refractivity (Wildman–Crippen MR) is 221 cm³/mol. The van der Waals surface area contributed by atoms with Gasteiger partial charge in [-0.2, -0.15) is 0 Å². The molecule has 0 bridgehead atoms. The van der Waals surface area contributed by atoms with Gasteiger partial charge in [0.1, 0.15) is 0 Å². The van der Waals surface area contributed by atoms with Gasteiger partial charge in [0.15, 0.2) is 0 Å². The first-order valence-corrected chi connectivity index (χ1v) is 19.5. The summed E-state index contributed by atoms with van der Waals surface area (Å²) < 4.78 is 5.01. The first-order valence-electron chi connectivity index (χ1n) is 17.9. The van der Waals surface area contributed by atoms with E-state index in [9.17, 15) is 0 Å². The quantitative estimate of drug-likeness (QED) is 0.165. The lowest BCUT2D eigenvalue weighted by Crippen LogP contribution is -2.07. The van der Waals surface area contributed by atoms with Gasteiger partial charge in [0.25, 0.3) is 0 Å². The van der Waals surface area contributed by atoms with Crippen LogP contribution in [0.5, 0.6) is 0 Å². The Kier molecular flexibility index (Phi) is 7.33. The highest BCUT2D eigenvalue weighted by molar-refractivity contribution is 8.37. The Bertz CT molecular complexity index is 2640. The Morgan fingerprint density at radius 2 is 0.750 bits per heavy atom. The highest BCUT2D eigenvalue weighted by atomic mass is 32.3. The number of hydrogen-bond donors (Lipinski definition) is 0. The molecule has 10 rings (SSSR count). The molecule has 248 valence electrons. The summed E-state index contributed by atoms with van der Waals surface area (Å²) in [6, 6.07) is 68.7. The van der Waals surface area contributed by atoms with E-state index < -0.39 is 10.0 Å². The fraction of sp³-hybridized carbons (Fsp3) is 0.0204. The lowest BCUT2D eigenvalue weighted by molar-refractivity contribution is 0.781. The number of benzene rings is 7. The van der Waals surface area contributed by atoms with Crippen molar-refractivity contribution >= 4 is 59.3 Å². The van der Waals surface area contributed by atoms with E-state index in [-0.39, 0.29) is 6.04 Å². The molecular formula is C49H36N2S. The molecule has 0 radical (unpaired) electrons. The van der Waals surface area contributed by atoms with Crippen LogP contribution in [0, 0.1) is 0 Å². The fourth-order valence-corrected chi connectivity index (χ4v) is 12.2. The largest absolute Gasteiger partial charge is 0.330 e. The van der Waals surface area contributed by atoms with Crippen LogP contribution in [0.15, 0.2) is 232 Å². The number of aromatic nitrogens is 2. The molecule has 1 unspecified atom stereocenters. The maximum Gasteiger partial charge on any atom is 0.0733 e. The molecule has 2 nitrogen and oxygen atoms in total. The van der Waals surface area contributed by atoms with Crippen molar-refractivity contribution in [2.24, 2.45) is 0 Å². The third-order valence-corrected chi connectivity index (χ3v) is 14.4. The van der Waals surface area contributed by atoms with Crippen LogP contribution in [-0.2, 0) is 0 Å². The van der Waals surface area contributed by atoms with Gasteiger partial charge >= 0.3 is 0 Å². The summed E-state index contributed by atoms with van der Waals surface area (Å²) in [5.74, 6) is 0. The third kappa shape index (κ3) is 4.67. The minimum Gasteiger partial charge on any atom is -0.330 e. The fourth-order valence-electron chi connectivity index (χ4n) is 8.32. The summed E-state index contributed by atoms with van der Waals surface area (Å²) in [5.41, 5.74) is 6.02. The number of para-hydroxylation sites is 4. The smallest absolute Gasteiger partial charge is 0.0733 e. The van der Waals surface area contributed by atoms with Crippen LogP contribution in [0.4, 0.5) is 0 Å². The van der Waals surface area contributed by atoms with E-state index in [1.165, 1.54) is 63.2 Å². The Hall–Kier alpha value is -6.29. The van der Waals surface area contributed by atoms with E-state index in [0.717, 1.165) is 5.70 Å². The molecule has 3 heteroatoms. The lowest BCUT2D eigenvalue weighted by Gasteiger charge is -2.43. The van der Waals surface area contributed by atoms with Gasteiger partial charge in [0, 0.05) is 57.9 Å². The highest BCUT2D eigenvalue weighted by Crippen LogP contribution is 2.74. The molecule has 0 saturated carbocycles. The van der Waals surface area contributed by atoms with Crippen LogP contribution in [0.3, 0.4) is 0 Å². The third-order valence-electron chi connectivity index (χ3n) is 10.5. The van der Waals surface area contributed by atoms with Gasteiger partial charge < -0.3 is 9.13 Å². The number of fused-ring (bicyclic) bond motifs is 6. The van der Waals surface area contributed by atoms with Crippen molar-refractivity contribution in [3.05, 3.63) is 217 Å². The second kappa shape index (κ2) is 12.5. The van der Waals surface area contributed by atoms with Crippen molar-refractivity contribution in [3.63, 3.8) is 0 Å². The maximum atomic E-state index is 2.52. The minimum atomic E-state index is -1.95. The zero-order valence-corrected chi connectivity index (χ0v) is 29.4. The van der Waals surface area contributed by atoms with E-state index >= 15 is 0 Å². The van der Waals surface area contributed by atoms with Gasteiger partial charge in [-0.05, 0) is 72.8 Å². The van der Waals surface area contributed by atoms with Crippen LogP contribution >= 0.6 is 10.0 Å². The number of hydrogen-bond acceptors (Lipinski definition) is 0.